The van der Waals surface area contributed by atoms with E-state index in [4.69, 9.17) is 19.8 Å². The summed E-state index contributed by atoms with van der Waals surface area (Å²) in [6, 6.07) is 1.13. The van der Waals surface area contributed by atoms with Gasteiger partial charge in [0.2, 0.25) is 0 Å². The zero-order valence-electron chi connectivity index (χ0n) is 21.4. The van der Waals surface area contributed by atoms with Crippen molar-refractivity contribution in [2.24, 2.45) is 0 Å². The number of ether oxygens (including phenoxy) is 1. The second-order valence-corrected chi connectivity index (χ2v) is 16.8. The fourth-order valence-corrected chi connectivity index (χ4v) is 5.85. The van der Waals surface area contributed by atoms with Crippen molar-refractivity contribution in [1.29, 1.82) is 0 Å². The number of hydrogen-bond donors (Lipinski definition) is 0. The Bertz CT molecular complexity index is 1480. The van der Waals surface area contributed by atoms with E-state index >= 15 is 0 Å². The molecule has 0 spiro atoms. The molecule has 0 aromatic carbocycles. The molecule has 6 rings (SSSR count). The average Bonchev–Trinajstić information content (AvgIpc) is 3.60. The van der Waals surface area contributed by atoms with E-state index in [-0.39, 0.29) is 6.04 Å². The zero-order valence-corrected chi connectivity index (χ0v) is 23.2. The standard InChI is InChI=1S/C25H29N9OSSi/c1-5-19-24-30-28-15-33(24)20-13-27-22(29-23(20)34(19)17-7-6-8-17)18-14-32(16-35-10-12-37(2,3)4)31-21(18)25-26-9-11-36-25/h6-9,11,13-15,19H,5,10,12,16H2,1-4H3. The zero-order chi connectivity index (χ0) is 25.6. The summed E-state index contributed by atoms with van der Waals surface area (Å²) in [5.74, 6) is 2.31. The van der Waals surface area contributed by atoms with Crippen LogP contribution in [0.2, 0.25) is 25.7 Å². The number of thiazole rings is 1. The van der Waals surface area contributed by atoms with E-state index in [0.717, 1.165) is 58.4 Å². The molecule has 190 valence electrons. The Labute approximate surface area is 220 Å². The van der Waals surface area contributed by atoms with Gasteiger partial charge in [-0.25, -0.2) is 19.6 Å². The fourth-order valence-electron chi connectivity index (χ4n) is 4.46. The van der Waals surface area contributed by atoms with E-state index < -0.39 is 8.07 Å². The van der Waals surface area contributed by atoms with Gasteiger partial charge in [0.05, 0.1) is 17.8 Å². The van der Waals surface area contributed by atoms with Crippen molar-refractivity contribution < 1.29 is 4.74 Å². The Morgan fingerprint density at radius 1 is 1.19 bits per heavy atom. The molecular weight excluding hydrogens is 502 g/mol. The van der Waals surface area contributed by atoms with Gasteiger partial charge in [-0.2, -0.15) is 5.10 Å². The van der Waals surface area contributed by atoms with Crippen LogP contribution < -0.4 is 4.90 Å². The Balaban J connectivity index is 1.40. The summed E-state index contributed by atoms with van der Waals surface area (Å²) in [6.07, 6.45) is 14.4. The molecule has 1 aliphatic carbocycles. The number of rotatable bonds is 9. The van der Waals surface area contributed by atoms with E-state index in [9.17, 15) is 0 Å². The van der Waals surface area contributed by atoms with E-state index in [2.05, 4.69) is 58.8 Å². The molecule has 4 aromatic heterocycles. The van der Waals surface area contributed by atoms with Crippen molar-refractivity contribution >= 4 is 25.2 Å². The van der Waals surface area contributed by atoms with Crippen LogP contribution in [-0.2, 0) is 11.5 Å². The molecule has 1 aliphatic heterocycles. The highest BCUT2D eigenvalue weighted by molar-refractivity contribution is 7.13. The molecule has 0 saturated carbocycles. The highest BCUT2D eigenvalue weighted by Gasteiger charge is 2.36. The maximum atomic E-state index is 5.97. The molecule has 2 aliphatic rings. The number of aromatic nitrogens is 8. The molecule has 37 heavy (non-hydrogen) atoms. The third-order valence-corrected chi connectivity index (χ3v) is 8.96. The molecule has 10 nitrogen and oxygen atoms in total. The normalized spacial score (nSPS) is 16.4. The van der Waals surface area contributed by atoms with Crippen LogP contribution in [0, 0.1) is 0 Å². The number of hydrogen-bond acceptors (Lipinski definition) is 9. The molecule has 0 N–H and O–H groups in total. The van der Waals surface area contributed by atoms with Gasteiger partial charge in [-0.1, -0.05) is 32.6 Å². The summed E-state index contributed by atoms with van der Waals surface area (Å²) in [7, 11) is -1.16. The van der Waals surface area contributed by atoms with Gasteiger partial charge in [-0.05, 0) is 24.6 Å². The van der Waals surface area contributed by atoms with Gasteiger partial charge in [0, 0.05) is 38.2 Å². The van der Waals surface area contributed by atoms with Crippen LogP contribution in [0.4, 0.5) is 5.82 Å². The van der Waals surface area contributed by atoms with Gasteiger partial charge in [0.15, 0.2) is 17.5 Å². The van der Waals surface area contributed by atoms with Crippen molar-refractivity contribution in [3.8, 4) is 27.8 Å². The first kappa shape index (κ1) is 23.9. The SMILES string of the molecule is CCC1c2nncn2-c2cnc(-c3cn(COCC[Si](C)(C)C)nc3-c3nccs3)nc2N1C1=CC=C1. The predicted octanol–water partition coefficient (Wildman–Crippen LogP) is 5.08. The van der Waals surface area contributed by atoms with Crippen molar-refractivity contribution in [3.63, 3.8) is 0 Å². The lowest BCUT2D eigenvalue weighted by Gasteiger charge is -2.38. The molecule has 1 atom stereocenters. The van der Waals surface area contributed by atoms with Gasteiger partial charge in [-0.15, -0.1) is 21.5 Å². The van der Waals surface area contributed by atoms with Crippen molar-refractivity contribution in [2.75, 3.05) is 11.5 Å². The molecule has 5 heterocycles. The van der Waals surface area contributed by atoms with Gasteiger partial charge in [0.25, 0.3) is 0 Å². The number of anilines is 1. The van der Waals surface area contributed by atoms with Crippen LogP contribution in [0.1, 0.15) is 25.2 Å². The Kier molecular flexibility index (Phi) is 6.09. The highest BCUT2D eigenvalue weighted by Crippen LogP contribution is 2.42. The van der Waals surface area contributed by atoms with Gasteiger partial charge in [0.1, 0.15) is 29.4 Å². The van der Waals surface area contributed by atoms with Crippen molar-refractivity contribution in [1.82, 2.24) is 39.5 Å². The van der Waals surface area contributed by atoms with E-state index in [1.54, 1.807) is 23.9 Å². The lowest BCUT2D eigenvalue weighted by Crippen LogP contribution is -2.35. The monoisotopic (exact) mass is 531 g/mol. The summed E-state index contributed by atoms with van der Waals surface area (Å²) in [5.41, 5.74) is 3.53. The van der Waals surface area contributed by atoms with Crippen LogP contribution in [0.15, 0.2) is 54.2 Å². The number of fused-ring (bicyclic) bond motifs is 3. The predicted molar refractivity (Wildman–Crippen MR) is 146 cm³/mol. The molecule has 0 fully saturated rings. The third-order valence-electron chi connectivity index (χ3n) is 6.48. The third kappa shape index (κ3) is 4.45. The molecular formula is C25H29N9OSSi. The summed E-state index contributed by atoms with van der Waals surface area (Å²) < 4.78 is 9.78. The summed E-state index contributed by atoms with van der Waals surface area (Å²) in [5, 5.41) is 16.2. The molecule has 1 unspecified atom stereocenters. The maximum Gasteiger partial charge on any atom is 0.165 e. The summed E-state index contributed by atoms with van der Waals surface area (Å²) in [6.45, 7) is 10.3. The van der Waals surface area contributed by atoms with Gasteiger partial charge >= 0.3 is 0 Å². The van der Waals surface area contributed by atoms with Crippen LogP contribution >= 0.6 is 11.3 Å². The van der Waals surface area contributed by atoms with Crippen LogP contribution in [0.3, 0.4) is 0 Å². The molecule has 0 radical (unpaired) electrons. The molecule has 12 heteroatoms. The lowest BCUT2D eigenvalue weighted by molar-refractivity contribution is 0.0788. The minimum Gasteiger partial charge on any atom is -0.360 e. The van der Waals surface area contributed by atoms with E-state index in [1.807, 2.05) is 33.1 Å². The quantitative estimate of drug-likeness (QED) is 0.218. The Hall–Kier alpha value is -3.48. The topological polar surface area (TPSA) is 99.7 Å². The number of allylic oxidation sites excluding steroid dienone is 3. The summed E-state index contributed by atoms with van der Waals surface area (Å²) in [4.78, 5) is 16.6. The summed E-state index contributed by atoms with van der Waals surface area (Å²) >= 11 is 1.55. The van der Waals surface area contributed by atoms with E-state index in [0.29, 0.717) is 12.6 Å². The molecule has 0 amide bonds. The minimum absolute atomic E-state index is 0.0230. The number of nitrogens with zero attached hydrogens (tertiary/aromatic N) is 9. The average molecular weight is 532 g/mol. The first-order valence-corrected chi connectivity index (χ1v) is 17.0. The van der Waals surface area contributed by atoms with Crippen molar-refractivity contribution in [3.05, 3.63) is 60.0 Å². The maximum absolute atomic E-state index is 5.97. The van der Waals surface area contributed by atoms with E-state index in [1.165, 1.54) is 0 Å². The van der Waals surface area contributed by atoms with Crippen LogP contribution in [0.5, 0.6) is 0 Å². The van der Waals surface area contributed by atoms with Crippen LogP contribution in [-0.4, -0.2) is 54.2 Å². The fraction of sp³-hybridized carbons (Fsp3) is 0.360. The van der Waals surface area contributed by atoms with Gasteiger partial charge in [-0.3, -0.25) is 4.57 Å². The first-order chi connectivity index (χ1) is 17.9. The van der Waals surface area contributed by atoms with Crippen molar-refractivity contribution in [2.45, 2.75) is 51.8 Å². The molecule has 0 bridgehead atoms. The Morgan fingerprint density at radius 3 is 2.76 bits per heavy atom. The smallest absolute Gasteiger partial charge is 0.165 e. The Morgan fingerprint density at radius 2 is 2.05 bits per heavy atom. The first-order valence-electron chi connectivity index (χ1n) is 12.4. The second kappa shape index (κ2) is 9.43. The second-order valence-electron chi connectivity index (χ2n) is 10.3. The van der Waals surface area contributed by atoms with Crippen LogP contribution in [0.25, 0.3) is 27.8 Å². The molecule has 4 aromatic rings. The van der Waals surface area contributed by atoms with Gasteiger partial charge < -0.3 is 9.64 Å². The minimum atomic E-state index is -1.16. The highest BCUT2D eigenvalue weighted by atomic mass is 32.1. The lowest BCUT2D eigenvalue weighted by atomic mass is 10.0. The molecule has 0 saturated heterocycles. The largest absolute Gasteiger partial charge is 0.360 e.